The van der Waals surface area contributed by atoms with E-state index in [9.17, 15) is 13.2 Å². The minimum absolute atomic E-state index is 0.0441. The topological polar surface area (TPSA) is 37.8 Å². The summed E-state index contributed by atoms with van der Waals surface area (Å²) in [7, 11) is 0. The third-order valence-corrected chi connectivity index (χ3v) is 1.81. The van der Waals surface area contributed by atoms with Crippen LogP contribution in [-0.4, -0.2) is 9.97 Å². The van der Waals surface area contributed by atoms with E-state index in [4.69, 9.17) is 0 Å². The molecule has 1 aromatic carbocycles. The number of hydrogen-bond donors (Lipinski definition) is 1. The fourth-order valence-electron chi connectivity index (χ4n) is 1.12. The van der Waals surface area contributed by atoms with Crippen molar-refractivity contribution in [3.63, 3.8) is 0 Å². The molecular formula is C10H6F3N3. The summed E-state index contributed by atoms with van der Waals surface area (Å²) < 4.78 is 38.3. The van der Waals surface area contributed by atoms with Crippen molar-refractivity contribution in [1.29, 1.82) is 0 Å². The molecule has 0 atom stereocenters. The van der Waals surface area contributed by atoms with Gasteiger partial charge in [-0.05, 0) is 6.07 Å². The molecule has 0 radical (unpaired) electrons. The highest BCUT2D eigenvalue weighted by atomic mass is 19.2. The van der Waals surface area contributed by atoms with Crippen LogP contribution < -0.4 is 5.32 Å². The smallest absolute Gasteiger partial charge is 0.227 e. The molecule has 1 aromatic heterocycles. The standard InChI is InChI=1S/C10H6F3N3/c11-7-4-6(5-8(12)9(7)13)16-10-14-2-1-3-15-10/h1-5H,(H,14,15,16). The van der Waals surface area contributed by atoms with E-state index in [-0.39, 0.29) is 11.6 Å². The van der Waals surface area contributed by atoms with E-state index in [0.29, 0.717) is 0 Å². The van der Waals surface area contributed by atoms with Gasteiger partial charge in [-0.3, -0.25) is 0 Å². The highest BCUT2D eigenvalue weighted by Gasteiger charge is 2.10. The van der Waals surface area contributed by atoms with Crippen LogP contribution in [0, 0.1) is 17.5 Å². The Morgan fingerprint density at radius 1 is 0.938 bits per heavy atom. The van der Waals surface area contributed by atoms with Crippen LogP contribution in [0.15, 0.2) is 30.6 Å². The largest absolute Gasteiger partial charge is 0.324 e. The predicted octanol–water partition coefficient (Wildman–Crippen LogP) is 2.64. The molecule has 0 amide bonds. The molecule has 1 N–H and O–H groups in total. The summed E-state index contributed by atoms with van der Waals surface area (Å²) in [5.41, 5.74) is 0.0441. The zero-order chi connectivity index (χ0) is 11.5. The molecule has 82 valence electrons. The number of aromatic nitrogens is 2. The second-order valence-corrected chi connectivity index (χ2v) is 2.95. The van der Waals surface area contributed by atoms with E-state index >= 15 is 0 Å². The summed E-state index contributed by atoms with van der Waals surface area (Å²) in [5, 5.41) is 2.54. The summed E-state index contributed by atoms with van der Waals surface area (Å²) in [6, 6.07) is 3.25. The Morgan fingerprint density at radius 2 is 1.50 bits per heavy atom. The fraction of sp³-hybridized carbons (Fsp3) is 0. The second kappa shape index (κ2) is 4.18. The molecule has 6 heteroatoms. The number of anilines is 2. The fourth-order valence-corrected chi connectivity index (χ4v) is 1.12. The monoisotopic (exact) mass is 225 g/mol. The summed E-state index contributed by atoms with van der Waals surface area (Å²) >= 11 is 0. The lowest BCUT2D eigenvalue weighted by Crippen LogP contribution is -1.99. The van der Waals surface area contributed by atoms with Crippen molar-refractivity contribution in [2.24, 2.45) is 0 Å². The van der Waals surface area contributed by atoms with Gasteiger partial charge in [0.05, 0.1) is 0 Å². The average Bonchev–Trinajstić information content (AvgIpc) is 2.27. The summed E-state index contributed by atoms with van der Waals surface area (Å²) in [5.74, 6) is -3.86. The van der Waals surface area contributed by atoms with Crippen molar-refractivity contribution in [1.82, 2.24) is 9.97 Å². The number of rotatable bonds is 2. The Bertz CT molecular complexity index is 479. The maximum absolute atomic E-state index is 12.8. The molecule has 0 bridgehead atoms. The maximum Gasteiger partial charge on any atom is 0.227 e. The van der Waals surface area contributed by atoms with Crippen molar-refractivity contribution in [2.75, 3.05) is 5.32 Å². The molecule has 0 spiro atoms. The van der Waals surface area contributed by atoms with Gasteiger partial charge in [0.15, 0.2) is 17.5 Å². The van der Waals surface area contributed by atoms with E-state index in [1.807, 2.05) is 0 Å². The third kappa shape index (κ3) is 2.10. The van der Waals surface area contributed by atoms with Gasteiger partial charge in [0.1, 0.15) is 0 Å². The molecule has 0 unspecified atom stereocenters. The van der Waals surface area contributed by atoms with Gasteiger partial charge in [0.2, 0.25) is 5.95 Å². The van der Waals surface area contributed by atoms with E-state index in [2.05, 4.69) is 15.3 Å². The van der Waals surface area contributed by atoms with Crippen LogP contribution in [0.3, 0.4) is 0 Å². The van der Waals surface area contributed by atoms with Crippen LogP contribution in [-0.2, 0) is 0 Å². The number of nitrogens with one attached hydrogen (secondary N) is 1. The minimum atomic E-state index is -1.50. The Labute approximate surface area is 89.0 Å². The highest BCUT2D eigenvalue weighted by molar-refractivity contribution is 5.53. The normalized spacial score (nSPS) is 10.2. The van der Waals surface area contributed by atoms with Gasteiger partial charge in [-0.15, -0.1) is 0 Å². The maximum atomic E-state index is 12.8. The van der Waals surface area contributed by atoms with Gasteiger partial charge in [0.25, 0.3) is 0 Å². The SMILES string of the molecule is Fc1cc(Nc2ncccn2)cc(F)c1F. The van der Waals surface area contributed by atoms with Crippen LogP contribution in [0.5, 0.6) is 0 Å². The molecule has 0 saturated carbocycles. The number of halogens is 3. The molecule has 1 heterocycles. The molecule has 0 aliphatic rings. The molecule has 16 heavy (non-hydrogen) atoms. The van der Waals surface area contributed by atoms with Crippen LogP contribution in [0.25, 0.3) is 0 Å². The van der Waals surface area contributed by atoms with Crippen molar-refractivity contribution in [3.05, 3.63) is 48.0 Å². The first-order valence-electron chi connectivity index (χ1n) is 4.35. The van der Waals surface area contributed by atoms with Gasteiger partial charge in [-0.1, -0.05) is 0 Å². The van der Waals surface area contributed by atoms with E-state index < -0.39 is 17.5 Å². The third-order valence-electron chi connectivity index (χ3n) is 1.81. The first kappa shape index (κ1) is 10.4. The average molecular weight is 225 g/mol. The Morgan fingerprint density at radius 3 is 2.06 bits per heavy atom. The first-order chi connectivity index (χ1) is 7.66. The van der Waals surface area contributed by atoms with Crippen LogP contribution in [0.2, 0.25) is 0 Å². The molecule has 0 saturated heterocycles. The Kier molecular flexibility index (Phi) is 2.72. The van der Waals surface area contributed by atoms with Gasteiger partial charge >= 0.3 is 0 Å². The van der Waals surface area contributed by atoms with Crippen LogP contribution in [0.4, 0.5) is 24.8 Å². The van der Waals surface area contributed by atoms with Gasteiger partial charge < -0.3 is 5.32 Å². The predicted molar refractivity (Wildman–Crippen MR) is 51.6 cm³/mol. The molecule has 0 aliphatic heterocycles. The lowest BCUT2D eigenvalue weighted by Gasteiger charge is -2.04. The van der Waals surface area contributed by atoms with Crippen molar-refractivity contribution >= 4 is 11.6 Å². The Hall–Kier alpha value is -2.11. The molecule has 0 fully saturated rings. The second-order valence-electron chi connectivity index (χ2n) is 2.95. The van der Waals surface area contributed by atoms with Gasteiger partial charge in [-0.2, -0.15) is 0 Å². The molecule has 3 nitrogen and oxygen atoms in total. The first-order valence-corrected chi connectivity index (χ1v) is 4.35. The number of hydrogen-bond acceptors (Lipinski definition) is 3. The lowest BCUT2D eigenvalue weighted by atomic mass is 10.3. The summed E-state index contributed by atoms with van der Waals surface area (Å²) in [6.07, 6.45) is 2.93. The van der Waals surface area contributed by atoms with Crippen molar-refractivity contribution in [3.8, 4) is 0 Å². The zero-order valence-electron chi connectivity index (χ0n) is 7.92. The number of nitrogens with zero attached hydrogens (tertiary/aromatic N) is 2. The minimum Gasteiger partial charge on any atom is -0.324 e. The zero-order valence-corrected chi connectivity index (χ0v) is 7.92. The molecule has 0 aliphatic carbocycles. The molecule has 2 aromatic rings. The molecule has 2 rings (SSSR count). The van der Waals surface area contributed by atoms with E-state index in [0.717, 1.165) is 12.1 Å². The lowest BCUT2D eigenvalue weighted by molar-refractivity contribution is 0.448. The summed E-state index contributed by atoms with van der Waals surface area (Å²) in [4.78, 5) is 7.59. The highest BCUT2D eigenvalue weighted by Crippen LogP contribution is 2.19. The molecular weight excluding hydrogens is 219 g/mol. The van der Waals surface area contributed by atoms with Gasteiger partial charge in [-0.25, -0.2) is 23.1 Å². The quantitative estimate of drug-likeness (QED) is 0.798. The van der Waals surface area contributed by atoms with Gasteiger partial charge in [0, 0.05) is 30.2 Å². The van der Waals surface area contributed by atoms with Crippen LogP contribution >= 0.6 is 0 Å². The van der Waals surface area contributed by atoms with Crippen molar-refractivity contribution < 1.29 is 13.2 Å². The van der Waals surface area contributed by atoms with E-state index in [1.54, 1.807) is 6.07 Å². The number of benzene rings is 1. The van der Waals surface area contributed by atoms with Crippen LogP contribution in [0.1, 0.15) is 0 Å². The van der Waals surface area contributed by atoms with E-state index in [1.165, 1.54) is 12.4 Å². The van der Waals surface area contributed by atoms with Crippen molar-refractivity contribution in [2.45, 2.75) is 0 Å². The Balaban J connectivity index is 2.29. The summed E-state index contributed by atoms with van der Waals surface area (Å²) in [6.45, 7) is 0.